The molecule has 6 nitrogen and oxygen atoms in total. The van der Waals surface area contributed by atoms with Gasteiger partial charge in [0.1, 0.15) is 0 Å². The van der Waals surface area contributed by atoms with Gasteiger partial charge >= 0.3 is 0 Å². The number of carbonyl (C=O) groups is 1. The summed E-state index contributed by atoms with van der Waals surface area (Å²) in [7, 11) is -3.60. The number of benzene rings is 1. The summed E-state index contributed by atoms with van der Waals surface area (Å²) in [5.41, 5.74) is 5.71. The number of carbonyl (C=O) groups excluding carboxylic acids is 1. The molecule has 1 saturated heterocycles. The van der Waals surface area contributed by atoms with Crippen LogP contribution in [0, 0.1) is 6.92 Å². The molecule has 8 heteroatoms. The van der Waals surface area contributed by atoms with E-state index < -0.39 is 10.0 Å². The highest BCUT2D eigenvalue weighted by molar-refractivity contribution is 7.89. The van der Waals surface area contributed by atoms with Gasteiger partial charge < -0.3 is 5.73 Å². The van der Waals surface area contributed by atoms with Crippen molar-refractivity contribution >= 4 is 27.5 Å². The molecule has 1 amide bonds. The van der Waals surface area contributed by atoms with E-state index in [1.54, 1.807) is 25.1 Å². The zero-order valence-electron chi connectivity index (χ0n) is 12.4. The van der Waals surface area contributed by atoms with Gasteiger partial charge in [0.2, 0.25) is 15.9 Å². The molecule has 0 radical (unpaired) electrons. The van der Waals surface area contributed by atoms with Gasteiger partial charge in [-0.25, -0.2) is 13.1 Å². The molecule has 0 aliphatic carbocycles. The smallest absolute Gasteiger partial charge is 0.241 e. The van der Waals surface area contributed by atoms with Crippen molar-refractivity contribution in [2.75, 3.05) is 19.6 Å². The van der Waals surface area contributed by atoms with Crippen molar-refractivity contribution in [3.63, 3.8) is 0 Å². The highest BCUT2D eigenvalue weighted by Gasteiger charge is 2.26. The number of hydrogen-bond donors (Lipinski definition) is 2. The molecule has 0 aromatic heterocycles. The number of nitrogens with zero attached hydrogens (tertiary/aromatic N) is 1. The monoisotopic (exact) mass is 345 g/mol. The highest BCUT2D eigenvalue weighted by atomic mass is 35.5. The lowest BCUT2D eigenvalue weighted by atomic mass is 10.1. The summed E-state index contributed by atoms with van der Waals surface area (Å²) in [6.07, 6.45) is 1.29. The van der Waals surface area contributed by atoms with Gasteiger partial charge in [-0.05, 0) is 37.5 Å². The quantitative estimate of drug-likeness (QED) is 0.828. The summed E-state index contributed by atoms with van der Waals surface area (Å²) in [5.74, 6) is -0.367. The molecule has 2 rings (SSSR count). The number of rotatable bonds is 5. The molecule has 122 valence electrons. The average Bonchev–Trinajstić information content (AvgIpc) is 2.43. The molecule has 1 aromatic rings. The van der Waals surface area contributed by atoms with Crippen molar-refractivity contribution in [2.24, 2.45) is 5.73 Å². The summed E-state index contributed by atoms with van der Waals surface area (Å²) in [5, 5.41) is 0.430. The number of nitrogens with two attached hydrogens (primary N) is 1. The molecule has 1 fully saturated rings. The van der Waals surface area contributed by atoms with E-state index in [1.807, 2.05) is 4.90 Å². The average molecular weight is 346 g/mol. The van der Waals surface area contributed by atoms with Crippen molar-refractivity contribution in [2.45, 2.75) is 30.7 Å². The Morgan fingerprint density at radius 3 is 2.64 bits per heavy atom. The fraction of sp³-hybridized carbons (Fsp3) is 0.500. The third kappa shape index (κ3) is 4.19. The van der Waals surface area contributed by atoms with E-state index in [0.29, 0.717) is 36.5 Å². The Labute approximate surface area is 135 Å². The number of sulfonamides is 1. The molecule has 1 aliphatic rings. The van der Waals surface area contributed by atoms with Crippen LogP contribution >= 0.6 is 11.6 Å². The fourth-order valence-electron chi connectivity index (χ4n) is 2.59. The van der Waals surface area contributed by atoms with E-state index in [2.05, 4.69) is 4.72 Å². The lowest BCUT2D eigenvalue weighted by molar-refractivity contribution is -0.119. The first-order chi connectivity index (χ1) is 10.3. The van der Waals surface area contributed by atoms with E-state index in [-0.39, 0.29) is 23.4 Å². The lowest BCUT2D eigenvalue weighted by Crippen LogP contribution is -2.46. The van der Waals surface area contributed by atoms with Crippen LogP contribution < -0.4 is 10.5 Å². The highest BCUT2D eigenvalue weighted by Crippen LogP contribution is 2.23. The van der Waals surface area contributed by atoms with Crippen LogP contribution in [0.2, 0.25) is 5.02 Å². The topological polar surface area (TPSA) is 92.5 Å². The molecule has 0 spiro atoms. The molecule has 1 aliphatic heterocycles. The summed E-state index contributed by atoms with van der Waals surface area (Å²) in [6.45, 7) is 3.19. The number of likely N-dealkylation sites (tertiary alicyclic amines) is 1. The van der Waals surface area contributed by atoms with Crippen molar-refractivity contribution in [3.05, 3.63) is 28.8 Å². The Kier molecular flexibility index (Phi) is 5.44. The van der Waals surface area contributed by atoms with Crippen molar-refractivity contribution in [1.82, 2.24) is 9.62 Å². The standard InChI is InChI=1S/C14H20ClN3O3S/c1-10-12(15)3-2-4-13(10)22(20,21)17-11-5-7-18(8-6-11)9-14(16)19/h2-4,11,17H,5-9H2,1H3,(H2,16,19). The number of halogens is 1. The first-order valence-corrected chi connectivity index (χ1v) is 8.94. The Bertz CT molecular complexity index is 655. The van der Waals surface area contributed by atoms with Crippen LogP contribution in [0.4, 0.5) is 0 Å². The minimum Gasteiger partial charge on any atom is -0.369 e. The molecule has 0 unspecified atom stereocenters. The molecule has 1 aromatic carbocycles. The Balaban J connectivity index is 2.02. The molecule has 0 bridgehead atoms. The zero-order chi connectivity index (χ0) is 16.3. The minimum absolute atomic E-state index is 0.146. The van der Waals surface area contributed by atoms with Crippen LogP contribution in [0.15, 0.2) is 23.1 Å². The molecule has 22 heavy (non-hydrogen) atoms. The third-order valence-corrected chi connectivity index (χ3v) is 5.87. The summed E-state index contributed by atoms with van der Waals surface area (Å²) in [6, 6.07) is 4.69. The second-order valence-electron chi connectivity index (χ2n) is 5.50. The van der Waals surface area contributed by atoms with Gasteiger partial charge in [0.25, 0.3) is 0 Å². The largest absolute Gasteiger partial charge is 0.369 e. The Hall–Kier alpha value is -1.15. The predicted molar refractivity (Wildman–Crippen MR) is 85.2 cm³/mol. The molecule has 3 N–H and O–H groups in total. The lowest BCUT2D eigenvalue weighted by Gasteiger charge is -2.31. The zero-order valence-corrected chi connectivity index (χ0v) is 14.0. The van der Waals surface area contributed by atoms with Crippen molar-refractivity contribution in [3.8, 4) is 0 Å². The fourth-order valence-corrected chi connectivity index (χ4v) is 4.39. The number of piperidine rings is 1. The number of primary amides is 1. The molecule has 0 saturated carbocycles. The van der Waals surface area contributed by atoms with Gasteiger partial charge in [-0.1, -0.05) is 17.7 Å². The van der Waals surface area contributed by atoms with E-state index >= 15 is 0 Å². The van der Waals surface area contributed by atoms with Gasteiger partial charge in [0.15, 0.2) is 0 Å². The third-order valence-electron chi connectivity index (χ3n) is 3.80. The second-order valence-corrected chi connectivity index (χ2v) is 7.59. The minimum atomic E-state index is -3.60. The van der Waals surface area contributed by atoms with Crippen LogP contribution in [-0.2, 0) is 14.8 Å². The van der Waals surface area contributed by atoms with Crippen molar-refractivity contribution in [1.29, 1.82) is 0 Å². The maximum Gasteiger partial charge on any atom is 0.241 e. The van der Waals surface area contributed by atoms with Gasteiger partial charge in [-0.15, -0.1) is 0 Å². The van der Waals surface area contributed by atoms with E-state index in [1.165, 1.54) is 0 Å². The second kappa shape index (κ2) is 6.95. The van der Waals surface area contributed by atoms with Crippen molar-refractivity contribution < 1.29 is 13.2 Å². The van der Waals surface area contributed by atoms with E-state index in [0.717, 1.165) is 0 Å². The summed E-state index contributed by atoms with van der Waals surface area (Å²) >= 11 is 5.99. The van der Waals surface area contributed by atoms with Crippen LogP contribution in [0.25, 0.3) is 0 Å². The number of amides is 1. The first-order valence-electron chi connectivity index (χ1n) is 7.07. The van der Waals surface area contributed by atoms with Crippen LogP contribution in [0.3, 0.4) is 0 Å². The molecule has 0 atom stereocenters. The molecular formula is C14H20ClN3O3S. The number of hydrogen-bond acceptors (Lipinski definition) is 4. The van der Waals surface area contributed by atoms with E-state index in [9.17, 15) is 13.2 Å². The van der Waals surface area contributed by atoms with E-state index in [4.69, 9.17) is 17.3 Å². The number of nitrogens with one attached hydrogen (secondary N) is 1. The van der Waals surface area contributed by atoms with Gasteiger partial charge in [0.05, 0.1) is 11.4 Å². The maximum absolute atomic E-state index is 12.5. The molecule has 1 heterocycles. The Morgan fingerprint density at radius 2 is 2.05 bits per heavy atom. The summed E-state index contributed by atoms with van der Waals surface area (Å²) in [4.78, 5) is 13.0. The Morgan fingerprint density at radius 1 is 1.41 bits per heavy atom. The van der Waals surface area contributed by atoms with Gasteiger partial charge in [-0.2, -0.15) is 0 Å². The molecular weight excluding hydrogens is 326 g/mol. The SMILES string of the molecule is Cc1c(Cl)cccc1S(=O)(=O)NC1CCN(CC(N)=O)CC1. The van der Waals surface area contributed by atoms with Gasteiger partial charge in [0, 0.05) is 24.2 Å². The van der Waals surface area contributed by atoms with Crippen LogP contribution in [0.1, 0.15) is 18.4 Å². The first kappa shape index (κ1) is 17.2. The van der Waals surface area contributed by atoms with Gasteiger partial charge in [-0.3, -0.25) is 9.69 Å². The normalized spacial score (nSPS) is 17.5. The predicted octanol–water partition coefficient (Wildman–Crippen LogP) is 0.876. The van der Waals surface area contributed by atoms with Crippen LogP contribution in [-0.4, -0.2) is 44.9 Å². The van der Waals surface area contributed by atoms with Crippen LogP contribution in [0.5, 0.6) is 0 Å². The summed E-state index contributed by atoms with van der Waals surface area (Å²) < 4.78 is 27.7. The maximum atomic E-state index is 12.5.